The Hall–Kier alpha value is -4.33. The third-order valence-corrected chi connectivity index (χ3v) is 5.14. The normalized spacial score (nSPS) is 10.5. The minimum absolute atomic E-state index is 0.217. The molecule has 168 valence electrons. The molecule has 0 fully saturated rings. The molecule has 33 heavy (non-hydrogen) atoms. The standard InChI is InChI=1S/C25H23N3O5/c1-15-9-5-8-12-19(15)26-24(29)17-10-6-7-11-18(17)25-27-23(28-33-25)16-13-20(30-2)22(32-4)21(14-16)31-3/h5-14H,1-4H3,(H,26,29). The summed E-state index contributed by atoms with van der Waals surface area (Å²) in [6.45, 7) is 1.93. The lowest BCUT2D eigenvalue weighted by molar-refractivity contribution is 0.102. The topological polar surface area (TPSA) is 95.7 Å². The van der Waals surface area contributed by atoms with E-state index in [2.05, 4.69) is 15.5 Å². The van der Waals surface area contributed by atoms with Crippen molar-refractivity contribution < 1.29 is 23.5 Å². The van der Waals surface area contributed by atoms with Crippen molar-refractivity contribution in [3.63, 3.8) is 0 Å². The molecule has 0 aliphatic carbocycles. The van der Waals surface area contributed by atoms with Crippen LogP contribution >= 0.6 is 0 Å². The van der Waals surface area contributed by atoms with Crippen LogP contribution in [0.2, 0.25) is 0 Å². The van der Waals surface area contributed by atoms with Crippen LogP contribution in [0.4, 0.5) is 5.69 Å². The van der Waals surface area contributed by atoms with Crippen molar-refractivity contribution in [2.45, 2.75) is 6.92 Å². The van der Waals surface area contributed by atoms with Gasteiger partial charge in [-0.05, 0) is 42.8 Å². The highest BCUT2D eigenvalue weighted by Gasteiger charge is 2.21. The second kappa shape index (κ2) is 9.44. The molecule has 1 amide bonds. The van der Waals surface area contributed by atoms with Crippen LogP contribution in [0.5, 0.6) is 17.2 Å². The lowest BCUT2D eigenvalue weighted by Gasteiger charge is -2.12. The van der Waals surface area contributed by atoms with E-state index in [1.807, 2.05) is 37.3 Å². The summed E-state index contributed by atoms with van der Waals surface area (Å²) in [6.07, 6.45) is 0. The van der Waals surface area contributed by atoms with E-state index < -0.39 is 0 Å². The quantitative estimate of drug-likeness (QED) is 0.428. The van der Waals surface area contributed by atoms with Gasteiger partial charge in [0.05, 0.1) is 32.5 Å². The van der Waals surface area contributed by atoms with Gasteiger partial charge in [-0.1, -0.05) is 35.5 Å². The fourth-order valence-corrected chi connectivity index (χ4v) is 3.43. The maximum atomic E-state index is 13.0. The zero-order valence-corrected chi connectivity index (χ0v) is 18.7. The van der Waals surface area contributed by atoms with Gasteiger partial charge in [-0.25, -0.2) is 0 Å². The van der Waals surface area contributed by atoms with Crippen molar-refractivity contribution in [1.82, 2.24) is 10.1 Å². The first kappa shape index (κ1) is 21.9. The molecule has 0 spiro atoms. The highest BCUT2D eigenvalue weighted by molar-refractivity contribution is 6.08. The smallest absolute Gasteiger partial charge is 0.259 e. The van der Waals surface area contributed by atoms with E-state index in [1.54, 1.807) is 30.3 Å². The number of ether oxygens (including phenoxy) is 3. The average Bonchev–Trinajstić information content (AvgIpc) is 3.34. The minimum Gasteiger partial charge on any atom is -0.493 e. The molecule has 0 unspecified atom stereocenters. The highest BCUT2D eigenvalue weighted by atomic mass is 16.5. The van der Waals surface area contributed by atoms with Crippen molar-refractivity contribution in [2.24, 2.45) is 0 Å². The van der Waals surface area contributed by atoms with Gasteiger partial charge >= 0.3 is 0 Å². The number of aromatic nitrogens is 2. The van der Waals surface area contributed by atoms with Gasteiger partial charge in [0.2, 0.25) is 11.6 Å². The number of para-hydroxylation sites is 1. The molecule has 0 atom stereocenters. The van der Waals surface area contributed by atoms with E-state index in [0.717, 1.165) is 11.3 Å². The fraction of sp³-hybridized carbons (Fsp3) is 0.160. The number of methoxy groups -OCH3 is 3. The predicted molar refractivity (Wildman–Crippen MR) is 124 cm³/mol. The first-order valence-corrected chi connectivity index (χ1v) is 10.2. The number of nitrogens with zero attached hydrogens (tertiary/aromatic N) is 2. The van der Waals surface area contributed by atoms with Gasteiger partial charge in [-0.2, -0.15) is 4.98 Å². The first-order valence-electron chi connectivity index (χ1n) is 10.2. The lowest BCUT2D eigenvalue weighted by Crippen LogP contribution is -2.13. The Morgan fingerprint density at radius 1 is 0.909 bits per heavy atom. The summed E-state index contributed by atoms with van der Waals surface area (Å²) in [7, 11) is 4.60. The van der Waals surface area contributed by atoms with Gasteiger partial charge in [0.25, 0.3) is 11.8 Å². The molecule has 1 N–H and O–H groups in total. The van der Waals surface area contributed by atoms with Crippen LogP contribution in [0.25, 0.3) is 22.8 Å². The number of hydrogen-bond acceptors (Lipinski definition) is 7. The van der Waals surface area contributed by atoms with Gasteiger partial charge in [-0.15, -0.1) is 0 Å². The maximum absolute atomic E-state index is 13.0. The Balaban J connectivity index is 1.69. The molecule has 4 rings (SSSR count). The summed E-state index contributed by atoms with van der Waals surface area (Å²) in [4.78, 5) is 17.5. The maximum Gasteiger partial charge on any atom is 0.259 e. The molecule has 0 saturated heterocycles. The SMILES string of the molecule is COc1cc(-c2noc(-c3ccccc3C(=O)Nc3ccccc3C)n2)cc(OC)c1OC. The predicted octanol–water partition coefficient (Wildman–Crippen LogP) is 4.99. The zero-order valence-electron chi connectivity index (χ0n) is 18.7. The van der Waals surface area contributed by atoms with Crippen LogP contribution < -0.4 is 19.5 Å². The van der Waals surface area contributed by atoms with Crippen LogP contribution in [0.15, 0.2) is 65.2 Å². The molecule has 4 aromatic rings. The van der Waals surface area contributed by atoms with E-state index >= 15 is 0 Å². The van der Waals surface area contributed by atoms with Crippen LogP contribution in [0.1, 0.15) is 15.9 Å². The number of carbonyl (C=O) groups excluding carboxylic acids is 1. The van der Waals surface area contributed by atoms with Gasteiger partial charge in [0.15, 0.2) is 11.5 Å². The summed E-state index contributed by atoms with van der Waals surface area (Å²) in [5.74, 6) is 1.66. The van der Waals surface area contributed by atoms with Gasteiger partial charge in [-0.3, -0.25) is 4.79 Å². The highest BCUT2D eigenvalue weighted by Crippen LogP contribution is 2.41. The third kappa shape index (κ3) is 4.36. The number of nitrogens with one attached hydrogen (secondary N) is 1. The Bertz CT molecular complexity index is 1270. The number of amides is 1. The molecule has 3 aromatic carbocycles. The molecule has 0 aliphatic rings. The second-order valence-corrected chi connectivity index (χ2v) is 7.15. The van der Waals surface area contributed by atoms with Crippen molar-refractivity contribution >= 4 is 11.6 Å². The molecule has 0 radical (unpaired) electrons. The van der Waals surface area contributed by atoms with Gasteiger partial charge in [0.1, 0.15) is 0 Å². The summed E-state index contributed by atoms with van der Waals surface area (Å²) < 4.78 is 21.7. The van der Waals surface area contributed by atoms with Crippen LogP contribution in [-0.2, 0) is 0 Å². The number of hydrogen-bond donors (Lipinski definition) is 1. The fourth-order valence-electron chi connectivity index (χ4n) is 3.43. The largest absolute Gasteiger partial charge is 0.493 e. The molecule has 1 heterocycles. The van der Waals surface area contributed by atoms with Crippen LogP contribution in [0, 0.1) is 6.92 Å². The van der Waals surface area contributed by atoms with E-state index in [-0.39, 0.29) is 11.8 Å². The van der Waals surface area contributed by atoms with Crippen molar-refractivity contribution in [2.75, 3.05) is 26.6 Å². The summed E-state index contributed by atoms with van der Waals surface area (Å²) in [5, 5.41) is 7.04. The zero-order chi connectivity index (χ0) is 23.4. The Morgan fingerprint density at radius 2 is 1.58 bits per heavy atom. The number of rotatable bonds is 7. The molecule has 0 aliphatic heterocycles. The summed E-state index contributed by atoms with van der Waals surface area (Å²) >= 11 is 0. The molecule has 0 saturated carbocycles. The second-order valence-electron chi connectivity index (χ2n) is 7.15. The number of aryl methyl sites for hydroxylation is 1. The molecular formula is C25H23N3O5. The van der Waals surface area contributed by atoms with E-state index in [9.17, 15) is 4.79 Å². The van der Waals surface area contributed by atoms with E-state index in [4.69, 9.17) is 18.7 Å². The Morgan fingerprint density at radius 3 is 2.24 bits per heavy atom. The Labute approximate surface area is 191 Å². The number of carbonyl (C=O) groups is 1. The third-order valence-electron chi connectivity index (χ3n) is 5.14. The van der Waals surface area contributed by atoms with Gasteiger partial charge in [0, 0.05) is 11.3 Å². The van der Waals surface area contributed by atoms with Crippen molar-refractivity contribution in [3.8, 4) is 40.1 Å². The molecule has 1 aromatic heterocycles. The van der Waals surface area contributed by atoms with E-state index in [0.29, 0.717) is 39.8 Å². The average molecular weight is 445 g/mol. The van der Waals surface area contributed by atoms with Gasteiger partial charge < -0.3 is 24.1 Å². The van der Waals surface area contributed by atoms with Crippen molar-refractivity contribution in [3.05, 3.63) is 71.8 Å². The monoisotopic (exact) mass is 445 g/mol. The van der Waals surface area contributed by atoms with Crippen LogP contribution in [-0.4, -0.2) is 37.4 Å². The van der Waals surface area contributed by atoms with Crippen LogP contribution in [0.3, 0.4) is 0 Å². The Kier molecular flexibility index (Phi) is 6.26. The summed E-state index contributed by atoms with van der Waals surface area (Å²) in [5.41, 5.74) is 3.25. The molecule has 8 heteroatoms. The number of anilines is 1. The molecular weight excluding hydrogens is 422 g/mol. The number of benzene rings is 3. The minimum atomic E-state index is -0.271. The lowest BCUT2D eigenvalue weighted by atomic mass is 10.1. The summed E-state index contributed by atoms with van der Waals surface area (Å²) in [6, 6.07) is 18.1. The first-order chi connectivity index (χ1) is 16.0. The molecule has 0 bridgehead atoms. The van der Waals surface area contributed by atoms with E-state index in [1.165, 1.54) is 21.3 Å². The van der Waals surface area contributed by atoms with Crippen molar-refractivity contribution in [1.29, 1.82) is 0 Å². The molecule has 8 nitrogen and oxygen atoms in total.